The van der Waals surface area contributed by atoms with Crippen LogP contribution in [-0.4, -0.2) is 11.8 Å². The summed E-state index contributed by atoms with van der Waals surface area (Å²) in [4.78, 5) is 0. The average molecular weight is 270 g/mol. The summed E-state index contributed by atoms with van der Waals surface area (Å²) < 4.78 is 2.94. The van der Waals surface area contributed by atoms with Crippen LogP contribution in [0.2, 0.25) is 0 Å². The fourth-order valence-electron chi connectivity index (χ4n) is 1.59. The quantitative estimate of drug-likeness (QED) is 0.659. The van der Waals surface area contributed by atoms with Crippen LogP contribution in [-0.2, 0) is 12.3 Å². The van der Waals surface area contributed by atoms with Gasteiger partial charge in [0.15, 0.2) is 0 Å². The smallest absolute Gasteiger partial charge is 0.0343 e. The molecular weight excluding hydrogens is 248 g/mol. The maximum Gasteiger partial charge on any atom is 0.0343 e. The summed E-state index contributed by atoms with van der Waals surface area (Å²) in [6, 6.07) is 6.58. The van der Waals surface area contributed by atoms with Crippen molar-refractivity contribution >= 4 is 30.3 Å². The van der Waals surface area contributed by atoms with Gasteiger partial charge in [-0.25, -0.2) is 0 Å². The second kappa shape index (κ2) is 7.90. The minimum absolute atomic E-state index is 0.667. The Bertz CT molecular complexity index is 340. The number of hydrogen-bond acceptors (Lipinski definition) is 4. The van der Waals surface area contributed by atoms with Crippen molar-refractivity contribution in [3.05, 3.63) is 29.3 Å². The molecule has 0 spiro atoms. The molecule has 1 aromatic rings. The number of nitrogens with one attached hydrogen (secondary N) is 2. The van der Waals surface area contributed by atoms with E-state index in [4.69, 9.17) is 0 Å². The van der Waals surface area contributed by atoms with Gasteiger partial charge in [0.2, 0.25) is 0 Å². The zero-order chi connectivity index (χ0) is 12.7. The molecule has 0 aliphatic heterocycles. The highest BCUT2D eigenvalue weighted by Crippen LogP contribution is 2.23. The Balaban J connectivity index is 2.79. The first-order valence-electron chi connectivity index (χ1n) is 6.01. The molecule has 0 aliphatic carbocycles. The Morgan fingerprint density at radius 3 is 2.65 bits per heavy atom. The van der Waals surface area contributed by atoms with Crippen LogP contribution in [0.15, 0.2) is 18.2 Å². The number of thioether (sulfide) groups is 1. The van der Waals surface area contributed by atoms with E-state index in [9.17, 15) is 0 Å². The Morgan fingerprint density at radius 1 is 1.29 bits per heavy atom. The fraction of sp³-hybridized carbons (Fsp3) is 0.538. The lowest BCUT2D eigenvalue weighted by molar-refractivity contribution is 0.966. The third-order valence-corrected chi connectivity index (χ3v) is 3.73. The van der Waals surface area contributed by atoms with Gasteiger partial charge in [0.1, 0.15) is 0 Å². The molecule has 96 valence electrons. The Hall–Kier alpha value is -0.320. The maximum atomic E-state index is 4.10. The van der Waals surface area contributed by atoms with Crippen molar-refractivity contribution < 1.29 is 0 Å². The highest BCUT2D eigenvalue weighted by atomic mass is 32.2. The lowest BCUT2D eigenvalue weighted by Gasteiger charge is -2.13. The largest absolute Gasteiger partial charge is 0.385 e. The molecule has 4 heteroatoms. The summed E-state index contributed by atoms with van der Waals surface area (Å²) in [7, 11) is 0. The summed E-state index contributed by atoms with van der Waals surface area (Å²) >= 11 is 6.07. The van der Waals surface area contributed by atoms with E-state index in [1.807, 2.05) is 11.8 Å². The molecule has 1 rings (SSSR count). The van der Waals surface area contributed by atoms with Crippen molar-refractivity contribution in [3.63, 3.8) is 0 Å². The number of thiol groups is 1. The van der Waals surface area contributed by atoms with E-state index in [0.717, 1.165) is 18.8 Å². The van der Waals surface area contributed by atoms with E-state index in [0.29, 0.717) is 5.25 Å². The van der Waals surface area contributed by atoms with Crippen LogP contribution < -0.4 is 10.0 Å². The molecule has 0 amide bonds. The number of rotatable bonds is 7. The molecule has 2 N–H and O–H groups in total. The van der Waals surface area contributed by atoms with Crippen molar-refractivity contribution in [3.8, 4) is 0 Å². The molecule has 17 heavy (non-hydrogen) atoms. The molecule has 0 fully saturated rings. The first-order chi connectivity index (χ1) is 8.17. The highest BCUT2D eigenvalue weighted by Gasteiger charge is 2.05. The van der Waals surface area contributed by atoms with Crippen molar-refractivity contribution in [1.29, 1.82) is 0 Å². The zero-order valence-electron chi connectivity index (χ0n) is 10.8. The fourth-order valence-corrected chi connectivity index (χ4v) is 2.55. The summed E-state index contributed by atoms with van der Waals surface area (Å²) in [5.74, 6) is 1.06. The van der Waals surface area contributed by atoms with Crippen LogP contribution in [0.25, 0.3) is 0 Å². The molecule has 0 bridgehead atoms. The van der Waals surface area contributed by atoms with Gasteiger partial charge < -0.3 is 5.32 Å². The van der Waals surface area contributed by atoms with Crippen LogP contribution in [0.4, 0.5) is 5.69 Å². The van der Waals surface area contributed by atoms with Crippen LogP contribution in [0, 0.1) is 0 Å². The first kappa shape index (κ1) is 14.7. The molecule has 0 aliphatic rings. The third-order valence-electron chi connectivity index (χ3n) is 2.43. The van der Waals surface area contributed by atoms with E-state index in [2.05, 4.69) is 61.8 Å². The van der Waals surface area contributed by atoms with Gasteiger partial charge in [-0.1, -0.05) is 32.7 Å². The topological polar surface area (TPSA) is 24.1 Å². The molecule has 0 heterocycles. The Kier molecular flexibility index (Phi) is 6.85. The third kappa shape index (κ3) is 5.23. The van der Waals surface area contributed by atoms with E-state index < -0.39 is 0 Å². The van der Waals surface area contributed by atoms with Crippen molar-refractivity contribution in [2.45, 2.75) is 38.3 Å². The molecule has 0 saturated carbocycles. The van der Waals surface area contributed by atoms with Crippen LogP contribution in [0.5, 0.6) is 0 Å². The SMILES string of the molecule is CCNc1ccc(CSC(C)C)c(CNS)c1. The van der Waals surface area contributed by atoms with Gasteiger partial charge in [0.25, 0.3) is 0 Å². The van der Waals surface area contributed by atoms with Gasteiger partial charge >= 0.3 is 0 Å². The average Bonchev–Trinajstić information content (AvgIpc) is 2.28. The van der Waals surface area contributed by atoms with E-state index >= 15 is 0 Å². The van der Waals surface area contributed by atoms with Gasteiger partial charge in [-0.3, -0.25) is 4.72 Å². The first-order valence-corrected chi connectivity index (χ1v) is 7.51. The molecule has 1 aromatic carbocycles. The van der Waals surface area contributed by atoms with Crippen molar-refractivity contribution in [1.82, 2.24) is 4.72 Å². The molecule has 0 unspecified atom stereocenters. The monoisotopic (exact) mass is 270 g/mol. The van der Waals surface area contributed by atoms with Crippen LogP contribution >= 0.6 is 24.6 Å². The summed E-state index contributed by atoms with van der Waals surface area (Å²) in [6.07, 6.45) is 0. The van der Waals surface area contributed by atoms with E-state index in [1.165, 1.54) is 16.8 Å². The van der Waals surface area contributed by atoms with Gasteiger partial charge in [-0.05, 0) is 35.4 Å². The van der Waals surface area contributed by atoms with E-state index in [-0.39, 0.29) is 0 Å². The van der Waals surface area contributed by atoms with Crippen LogP contribution in [0.3, 0.4) is 0 Å². The predicted octanol–water partition coefficient (Wildman–Crippen LogP) is 3.69. The number of hydrogen-bond donors (Lipinski definition) is 3. The molecule has 0 saturated heterocycles. The van der Waals surface area contributed by atoms with Crippen LogP contribution in [0.1, 0.15) is 31.9 Å². The zero-order valence-corrected chi connectivity index (χ0v) is 12.5. The van der Waals surface area contributed by atoms with Gasteiger partial charge in [0, 0.05) is 24.5 Å². The summed E-state index contributed by atoms with van der Waals surface area (Å²) in [5, 5.41) is 4.01. The molecule has 0 atom stereocenters. The maximum absolute atomic E-state index is 4.10. The van der Waals surface area contributed by atoms with Gasteiger partial charge in [-0.15, -0.1) is 0 Å². The molecule has 2 nitrogen and oxygen atoms in total. The standard InChI is InChI=1S/C13H22N2S2/c1-4-14-13-6-5-11(9-17-10(2)3)12(7-13)8-15-16/h5-7,10,14-16H,4,8-9H2,1-3H3. The van der Waals surface area contributed by atoms with E-state index in [1.54, 1.807) is 0 Å². The second-order valence-corrected chi connectivity index (χ2v) is 6.09. The van der Waals surface area contributed by atoms with Crippen molar-refractivity contribution in [2.24, 2.45) is 0 Å². The molecular formula is C13H22N2S2. The predicted molar refractivity (Wildman–Crippen MR) is 82.9 cm³/mol. The highest BCUT2D eigenvalue weighted by molar-refractivity contribution is 7.99. The Labute approximate surface area is 114 Å². The van der Waals surface area contributed by atoms with Gasteiger partial charge in [-0.2, -0.15) is 11.8 Å². The summed E-state index contributed by atoms with van der Waals surface area (Å²) in [6.45, 7) is 8.33. The summed E-state index contributed by atoms with van der Waals surface area (Å²) in [5.41, 5.74) is 3.91. The number of anilines is 1. The minimum Gasteiger partial charge on any atom is -0.385 e. The van der Waals surface area contributed by atoms with Gasteiger partial charge in [0.05, 0.1) is 0 Å². The Morgan fingerprint density at radius 2 is 2.06 bits per heavy atom. The second-order valence-electron chi connectivity index (χ2n) is 4.21. The number of benzene rings is 1. The minimum atomic E-state index is 0.667. The lowest BCUT2D eigenvalue weighted by Crippen LogP contribution is -2.05. The molecule has 0 aromatic heterocycles. The normalized spacial score (nSPS) is 10.9. The lowest BCUT2D eigenvalue weighted by atomic mass is 10.1. The molecule has 0 radical (unpaired) electrons. The van der Waals surface area contributed by atoms with Crippen molar-refractivity contribution in [2.75, 3.05) is 11.9 Å².